The summed E-state index contributed by atoms with van der Waals surface area (Å²) in [4.78, 5) is 2.17. The summed E-state index contributed by atoms with van der Waals surface area (Å²) in [6, 6.07) is 10.3. The Morgan fingerprint density at radius 3 is 2.60 bits per heavy atom. The van der Waals surface area contributed by atoms with E-state index in [0.717, 1.165) is 13.1 Å². The molecule has 114 valence electrons. The largest absolute Gasteiger partial charge is 0.374 e. The highest BCUT2D eigenvalue weighted by Crippen LogP contribution is 2.25. The summed E-state index contributed by atoms with van der Waals surface area (Å²) in [6.07, 6.45) is -2.39. The molecule has 2 N–H and O–H groups in total. The van der Waals surface area contributed by atoms with Gasteiger partial charge < -0.3 is 10.5 Å². The smallest absolute Gasteiger partial charge is 0.261 e. The summed E-state index contributed by atoms with van der Waals surface area (Å²) in [5.41, 5.74) is 7.39. The third-order valence-electron chi connectivity index (χ3n) is 3.46. The Morgan fingerprint density at radius 1 is 1.25 bits per heavy atom. The number of hydrogen-bond acceptors (Lipinski definition) is 3. The molecule has 1 aliphatic rings. The predicted molar refractivity (Wildman–Crippen MR) is 77.7 cm³/mol. The molecule has 1 aromatic rings. The van der Waals surface area contributed by atoms with E-state index < -0.39 is 13.0 Å². The number of benzene rings is 1. The van der Waals surface area contributed by atoms with Crippen molar-refractivity contribution in [1.29, 1.82) is 0 Å². The number of alkyl halides is 2. The van der Waals surface area contributed by atoms with Crippen molar-refractivity contribution < 1.29 is 13.5 Å². The van der Waals surface area contributed by atoms with Crippen LogP contribution in [-0.2, 0) is 4.74 Å². The van der Waals surface area contributed by atoms with Crippen LogP contribution in [0.25, 0.3) is 0 Å². The van der Waals surface area contributed by atoms with Crippen molar-refractivity contribution in [1.82, 2.24) is 4.90 Å². The normalized spacial score (nSPS) is 23.0. The summed E-state index contributed by atoms with van der Waals surface area (Å²) >= 11 is 0. The SMILES string of the molecule is Cl.N[C@@H]1CN(CCOCC(F)F)C[C@H]1c1ccccc1. The van der Waals surface area contributed by atoms with Crippen LogP contribution in [-0.4, -0.2) is 50.2 Å². The highest BCUT2D eigenvalue weighted by Gasteiger charge is 2.30. The first kappa shape index (κ1) is 17.3. The zero-order chi connectivity index (χ0) is 13.7. The zero-order valence-electron chi connectivity index (χ0n) is 11.3. The first-order valence-corrected chi connectivity index (χ1v) is 6.55. The number of halogens is 3. The fourth-order valence-electron chi connectivity index (χ4n) is 2.51. The third kappa shape index (κ3) is 4.98. The molecule has 0 unspecified atom stereocenters. The van der Waals surface area contributed by atoms with E-state index in [1.807, 2.05) is 18.2 Å². The Labute approximate surface area is 124 Å². The minimum absolute atomic E-state index is 0. The molecule has 0 aliphatic carbocycles. The maximum Gasteiger partial charge on any atom is 0.261 e. The van der Waals surface area contributed by atoms with Gasteiger partial charge in [0.15, 0.2) is 0 Å². The van der Waals surface area contributed by atoms with Crippen molar-refractivity contribution in [2.75, 3.05) is 32.8 Å². The molecule has 6 heteroatoms. The molecule has 1 heterocycles. The highest BCUT2D eigenvalue weighted by molar-refractivity contribution is 5.85. The average molecular weight is 307 g/mol. The number of likely N-dealkylation sites (tertiary alicyclic amines) is 1. The van der Waals surface area contributed by atoms with Gasteiger partial charge in [0.2, 0.25) is 0 Å². The second-order valence-corrected chi connectivity index (χ2v) is 4.91. The van der Waals surface area contributed by atoms with E-state index in [-0.39, 0.29) is 18.4 Å². The Balaban J connectivity index is 0.00000200. The van der Waals surface area contributed by atoms with Gasteiger partial charge in [0, 0.05) is 31.6 Å². The zero-order valence-corrected chi connectivity index (χ0v) is 12.1. The van der Waals surface area contributed by atoms with Crippen molar-refractivity contribution in [3.05, 3.63) is 35.9 Å². The van der Waals surface area contributed by atoms with E-state index in [0.29, 0.717) is 19.1 Å². The molecular formula is C14H21ClF2N2O. The molecule has 20 heavy (non-hydrogen) atoms. The Bertz CT molecular complexity index is 381. The summed E-state index contributed by atoms with van der Waals surface area (Å²) < 4.78 is 28.7. The first-order valence-electron chi connectivity index (χ1n) is 6.55. The van der Waals surface area contributed by atoms with Crippen LogP contribution in [0.3, 0.4) is 0 Å². The molecule has 0 amide bonds. The third-order valence-corrected chi connectivity index (χ3v) is 3.46. The maximum absolute atomic E-state index is 11.9. The molecule has 0 saturated carbocycles. The van der Waals surface area contributed by atoms with Crippen LogP contribution in [0.5, 0.6) is 0 Å². The lowest BCUT2D eigenvalue weighted by molar-refractivity contribution is 0.0113. The molecule has 1 fully saturated rings. The summed E-state index contributed by atoms with van der Waals surface area (Å²) in [5.74, 6) is 0.316. The van der Waals surface area contributed by atoms with Gasteiger partial charge in [0.1, 0.15) is 6.61 Å². The van der Waals surface area contributed by atoms with Gasteiger partial charge in [-0.2, -0.15) is 0 Å². The number of nitrogens with two attached hydrogens (primary N) is 1. The molecule has 1 aliphatic heterocycles. The van der Waals surface area contributed by atoms with Crippen LogP contribution in [0.4, 0.5) is 8.78 Å². The second kappa shape index (κ2) is 8.52. The molecule has 3 nitrogen and oxygen atoms in total. The summed E-state index contributed by atoms with van der Waals surface area (Å²) in [5, 5.41) is 0. The molecule has 0 bridgehead atoms. The monoisotopic (exact) mass is 306 g/mol. The first-order chi connectivity index (χ1) is 9.16. The maximum atomic E-state index is 11.9. The van der Waals surface area contributed by atoms with Gasteiger partial charge in [-0.1, -0.05) is 30.3 Å². The van der Waals surface area contributed by atoms with Crippen LogP contribution in [0.15, 0.2) is 30.3 Å². The minimum Gasteiger partial charge on any atom is -0.374 e. The van der Waals surface area contributed by atoms with Gasteiger partial charge in [-0.15, -0.1) is 12.4 Å². The van der Waals surface area contributed by atoms with Crippen molar-refractivity contribution >= 4 is 12.4 Å². The summed E-state index contributed by atoms with van der Waals surface area (Å²) in [6.45, 7) is 2.16. The van der Waals surface area contributed by atoms with Crippen LogP contribution in [0.2, 0.25) is 0 Å². The molecule has 1 aromatic carbocycles. The van der Waals surface area contributed by atoms with Gasteiger partial charge in [-0.3, -0.25) is 4.90 Å². The molecule has 0 aromatic heterocycles. The average Bonchev–Trinajstić information content (AvgIpc) is 2.77. The van der Waals surface area contributed by atoms with Crippen LogP contribution >= 0.6 is 12.4 Å². The molecular weight excluding hydrogens is 286 g/mol. The number of nitrogens with zero attached hydrogens (tertiary/aromatic N) is 1. The van der Waals surface area contributed by atoms with Crippen molar-refractivity contribution in [3.63, 3.8) is 0 Å². The van der Waals surface area contributed by atoms with Gasteiger partial charge in [0.05, 0.1) is 6.61 Å². The molecule has 2 rings (SSSR count). The van der Waals surface area contributed by atoms with Gasteiger partial charge in [0.25, 0.3) is 6.43 Å². The standard InChI is InChI=1S/C14H20F2N2O.ClH/c15-14(16)10-19-7-6-18-8-12(13(17)9-18)11-4-2-1-3-5-11;/h1-5,12-14H,6-10,17H2;1H/t12-,13+;/m0./s1. The molecule has 0 radical (unpaired) electrons. The van der Waals surface area contributed by atoms with E-state index in [1.165, 1.54) is 5.56 Å². The Kier molecular flexibility index (Phi) is 7.37. The molecule has 1 saturated heterocycles. The highest BCUT2D eigenvalue weighted by atomic mass is 35.5. The van der Waals surface area contributed by atoms with E-state index in [9.17, 15) is 8.78 Å². The van der Waals surface area contributed by atoms with E-state index >= 15 is 0 Å². The van der Waals surface area contributed by atoms with Gasteiger partial charge in [-0.05, 0) is 5.56 Å². The van der Waals surface area contributed by atoms with E-state index in [2.05, 4.69) is 17.0 Å². The quantitative estimate of drug-likeness (QED) is 0.818. The van der Waals surface area contributed by atoms with Gasteiger partial charge >= 0.3 is 0 Å². The van der Waals surface area contributed by atoms with Crippen LogP contribution in [0.1, 0.15) is 11.5 Å². The predicted octanol–water partition coefficient (Wildman–Crippen LogP) is 2.12. The Hall–Kier alpha value is -0.750. The molecule has 0 spiro atoms. The van der Waals surface area contributed by atoms with E-state index in [4.69, 9.17) is 10.5 Å². The fourth-order valence-corrected chi connectivity index (χ4v) is 2.51. The number of rotatable bonds is 6. The Morgan fingerprint density at radius 2 is 1.95 bits per heavy atom. The summed E-state index contributed by atoms with van der Waals surface area (Å²) in [7, 11) is 0. The lowest BCUT2D eigenvalue weighted by Crippen LogP contribution is -2.30. The van der Waals surface area contributed by atoms with Crippen LogP contribution in [0, 0.1) is 0 Å². The fraction of sp³-hybridized carbons (Fsp3) is 0.571. The van der Waals surface area contributed by atoms with Gasteiger partial charge in [-0.25, -0.2) is 8.78 Å². The lowest BCUT2D eigenvalue weighted by atomic mass is 9.95. The number of hydrogen-bond donors (Lipinski definition) is 1. The van der Waals surface area contributed by atoms with Crippen LogP contribution < -0.4 is 5.73 Å². The van der Waals surface area contributed by atoms with Crippen molar-refractivity contribution in [2.45, 2.75) is 18.4 Å². The van der Waals surface area contributed by atoms with Crippen molar-refractivity contribution in [2.24, 2.45) is 5.73 Å². The minimum atomic E-state index is -2.39. The molecule has 2 atom stereocenters. The second-order valence-electron chi connectivity index (χ2n) is 4.91. The number of ether oxygens (including phenoxy) is 1. The van der Waals surface area contributed by atoms with E-state index in [1.54, 1.807) is 0 Å². The lowest BCUT2D eigenvalue weighted by Gasteiger charge is -2.16. The topological polar surface area (TPSA) is 38.5 Å². The van der Waals surface area contributed by atoms with Crippen molar-refractivity contribution in [3.8, 4) is 0 Å².